The molecular weight excluding hydrogens is 162 g/mol. The maximum atomic E-state index is 10.6. The van der Waals surface area contributed by atoms with E-state index >= 15 is 0 Å². The Labute approximate surface area is 70.7 Å². The Bertz CT molecular complexity index is 169. The van der Waals surface area contributed by atoms with Crippen LogP contribution in [0.1, 0.15) is 13.3 Å². The van der Waals surface area contributed by atoms with Gasteiger partial charge in [0.15, 0.2) is 0 Å². The Balaban J connectivity index is 3.43. The Morgan fingerprint density at radius 2 is 2.17 bits per heavy atom. The molecule has 0 saturated heterocycles. The van der Waals surface area contributed by atoms with Gasteiger partial charge in [-0.25, -0.2) is 0 Å². The molecule has 0 aliphatic carbocycles. The number of ether oxygens (including phenoxy) is 1. The van der Waals surface area contributed by atoms with Crippen molar-refractivity contribution >= 4 is 11.9 Å². The fourth-order valence-corrected chi connectivity index (χ4v) is 0.580. The lowest BCUT2D eigenvalue weighted by Crippen LogP contribution is -2.35. The zero-order valence-electron chi connectivity index (χ0n) is 7.16. The number of carboxylic acid groups (broad SMARTS) is 1. The third-order valence-electron chi connectivity index (χ3n) is 1.38. The number of hydrogen-bond donors (Lipinski definition) is 2. The molecule has 70 valence electrons. The summed E-state index contributed by atoms with van der Waals surface area (Å²) in [6.45, 7) is 1.83. The number of methoxy groups -OCH3 is 1. The fraction of sp³-hybridized carbons (Fsp3) is 0.714. The molecule has 0 heterocycles. The van der Waals surface area contributed by atoms with Gasteiger partial charge in [-0.1, -0.05) is 0 Å². The number of esters is 1. The van der Waals surface area contributed by atoms with Crippen LogP contribution in [0.25, 0.3) is 0 Å². The van der Waals surface area contributed by atoms with Crippen molar-refractivity contribution in [3.63, 3.8) is 0 Å². The van der Waals surface area contributed by atoms with Gasteiger partial charge in [0.25, 0.3) is 0 Å². The van der Waals surface area contributed by atoms with Gasteiger partial charge in [0.05, 0.1) is 13.5 Å². The number of hydrogen-bond acceptors (Lipinski definition) is 4. The van der Waals surface area contributed by atoms with E-state index in [2.05, 4.69) is 10.1 Å². The van der Waals surface area contributed by atoms with E-state index in [1.165, 1.54) is 14.0 Å². The average Bonchev–Trinajstić information content (AvgIpc) is 2.03. The lowest BCUT2D eigenvalue weighted by atomic mass is 10.3. The van der Waals surface area contributed by atoms with E-state index in [1.807, 2.05) is 0 Å². The van der Waals surface area contributed by atoms with Crippen molar-refractivity contribution in [1.82, 2.24) is 5.32 Å². The summed E-state index contributed by atoms with van der Waals surface area (Å²) in [5.74, 6) is -1.28. The van der Waals surface area contributed by atoms with Crippen molar-refractivity contribution in [2.24, 2.45) is 0 Å². The van der Waals surface area contributed by atoms with Crippen LogP contribution in [0, 0.1) is 0 Å². The highest BCUT2D eigenvalue weighted by atomic mass is 16.5. The van der Waals surface area contributed by atoms with E-state index in [0.29, 0.717) is 6.54 Å². The van der Waals surface area contributed by atoms with Crippen molar-refractivity contribution in [1.29, 1.82) is 0 Å². The lowest BCUT2D eigenvalue weighted by Gasteiger charge is -2.07. The van der Waals surface area contributed by atoms with Gasteiger partial charge >= 0.3 is 11.9 Å². The number of nitrogens with one attached hydrogen (secondary N) is 1. The van der Waals surface area contributed by atoms with Gasteiger partial charge in [-0.05, 0) is 6.92 Å². The van der Waals surface area contributed by atoms with Crippen molar-refractivity contribution in [2.75, 3.05) is 13.7 Å². The van der Waals surface area contributed by atoms with Crippen LogP contribution < -0.4 is 5.32 Å². The van der Waals surface area contributed by atoms with Crippen LogP contribution in [0.15, 0.2) is 0 Å². The van der Waals surface area contributed by atoms with Gasteiger partial charge in [-0.15, -0.1) is 0 Å². The van der Waals surface area contributed by atoms with Gasteiger partial charge in [0.1, 0.15) is 6.04 Å². The average molecular weight is 175 g/mol. The van der Waals surface area contributed by atoms with Crippen LogP contribution in [0.2, 0.25) is 0 Å². The molecular formula is C7H13NO4. The molecule has 0 aliphatic heterocycles. The topological polar surface area (TPSA) is 75.6 Å². The molecule has 12 heavy (non-hydrogen) atoms. The molecule has 5 nitrogen and oxygen atoms in total. The molecule has 0 spiro atoms. The van der Waals surface area contributed by atoms with E-state index in [4.69, 9.17) is 5.11 Å². The van der Waals surface area contributed by atoms with Crippen LogP contribution in [-0.2, 0) is 14.3 Å². The molecule has 0 aliphatic rings. The highest BCUT2D eigenvalue weighted by Crippen LogP contribution is 1.85. The van der Waals surface area contributed by atoms with Gasteiger partial charge in [-0.2, -0.15) is 0 Å². The van der Waals surface area contributed by atoms with Gasteiger partial charge in [0.2, 0.25) is 0 Å². The second-order valence-corrected chi connectivity index (χ2v) is 2.34. The van der Waals surface area contributed by atoms with Crippen LogP contribution in [0.4, 0.5) is 0 Å². The number of rotatable bonds is 5. The van der Waals surface area contributed by atoms with E-state index in [-0.39, 0.29) is 12.4 Å². The zero-order chi connectivity index (χ0) is 9.56. The van der Waals surface area contributed by atoms with E-state index < -0.39 is 12.0 Å². The smallest absolute Gasteiger partial charge is 0.320 e. The monoisotopic (exact) mass is 175 g/mol. The molecule has 0 aromatic carbocycles. The maximum absolute atomic E-state index is 10.6. The largest absolute Gasteiger partial charge is 0.480 e. The quantitative estimate of drug-likeness (QED) is 0.557. The highest BCUT2D eigenvalue weighted by Gasteiger charge is 2.09. The van der Waals surface area contributed by atoms with Crippen LogP contribution >= 0.6 is 0 Å². The van der Waals surface area contributed by atoms with Gasteiger partial charge in [0, 0.05) is 6.54 Å². The molecule has 0 aromatic rings. The van der Waals surface area contributed by atoms with Crippen molar-refractivity contribution in [2.45, 2.75) is 19.4 Å². The van der Waals surface area contributed by atoms with E-state index in [0.717, 1.165) is 0 Å². The van der Waals surface area contributed by atoms with Crippen molar-refractivity contribution in [3.05, 3.63) is 0 Å². The summed E-state index contributed by atoms with van der Waals surface area (Å²) in [5, 5.41) is 11.1. The molecule has 2 N–H and O–H groups in total. The van der Waals surface area contributed by atoms with Gasteiger partial charge in [-0.3, -0.25) is 9.59 Å². The first-order valence-electron chi connectivity index (χ1n) is 3.61. The van der Waals surface area contributed by atoms with Crippen LogP contribution in [-0.4, -0.2) is 36.7 Å². The number of carbonyl (C=O) groups is 2. The van der Waals surface area contributed by atoms with Crippen molar-refractivity contribution < 1.29 is 19.4 Å². The Morgan fingerprint density at radius 1 is 1.58 bits per heavy atom. The standard InChI is InChI=1S/C7H13NO4/c1-5(7(10)11)8-4-3-6(9)12-2/h5,8H,3-4H2,1-2H3,(H,10,11)/t5-/m0/s1. The summed E-state index contributed by atoms with van der Waals surface area (Å²) in [7, 11) is 1.29. The minimum Gasteiger partial charge on any atom is -0.480 e. The second kappa shape index (κ2) is 5.54. The first kappa shape index (κ1) is 10.9. The summed E-state index contributed by atoms with van der Waals surface area (Å²) >= 11 is 0. The number of carbonyl (C=O) groups excluding carboxylic acids is 1. The molecule has 0 rings (SSSR count). The van der Waals surface area contributed by atoms with E-state index in [9.17, 15) is 9.59 Å². The summed E-state index contributed by atoms with van der Waals surface area (Å²) in [6, 6.07) is -0.630. The zero-order valence-corrected chi connectivity index (χ0v) is 7.16. The predicted molar refractivity (Wildman–Crippen MR) is 41.7 cm³/mol. The Kier molecular flexibility index (Phi) is 5.03. The molecule has 0 aromatic heterocycles. The Hall–Kier alpha value is -1.10. The first-order chi connectivity index (χ1) is 5.57. The maximum Gasteiger partial charge on any atom is 0.320 e. The number of carboxylic acids is 1. The highest BCUT2D eigenvalue weighted by molar-refractivity contribution is 5.73. The number of aliphatic carboxylic acids is 1. The van der Waals surface area contributed by atoms with Crippen LogP contribution in [0.5, 0.6) is 0 Å². The first-order valence-corrected chi connectivity index (χ1v) is 3.61. The van der Waals surface area contributed by atoms with Crippen molar-refractivity contribution in [3.8, 4) is 0 Å². The summed E-state index contributed by atoms with van der Waals surface area (Å²) in [6.07, 6.45) is 0.189. The molecule has 1 atom stereocenters. The molecule has 0 bridgehead atoms. The summed E-state index contributed by atoms with van der Waals surface area (Å²) < 4.78 is 4.37. The molecule has 5 heteroatoms. The molecule has 0 unspecified atom stereocenters. The summed E-state index contributed by atoms with van der Waals surface area (Å²) in [5.41, 5.74) is 0. The van der Waals surface area contributed by atoms with E-state index in [1.54, 1.807) is 0 Å². The third-order valence-corrected chi connectivity index (χ3v) is 1.38. The van der Waals surface area contributed by atoms with Crippen LogP contribution in [0.3, 0.4) is 0 Å². The SMILES string of the molecule is COC(=O)CCN[C@@H](C)C(=O)O. The minimum atomic E-state index is -0.931. The van der Waals surface area contributed by atoms with Gasteiger partial charge < -0.3 is 15.2 Å². The third kappa shape index (κ3) is 4.68. The summed E-state index contributed by atoms with van der Waals surface area (Å²) in [4.78, 5) is 20.8. The second-order valence-electron chi connectivity index (χ2n) is 2.34. The fourth-order valence-electron chi connectivity index (χ4n) is 0.580. The normalized spacial score (nSPS) is 12.2. The lowest BCUT2D eigenvalue weighted by molar-refractivity contribution is -0.142. The molecule has 0 radical (unpaired) electrons. The molecule has 0 fully saturated rings. The molecule has 0 saturated carbocycles. The predicted octanol–water partition coefficient (Wildman–Crippen LogP) is -0.388. The molecule has 0 amide bonds. The Morgan fingerprint density at radius 3 is 2.58 bits per heavy atom. The minimum absolute atomic E-state index is 0.189.